The number of halogens is 2. The highest BCUT2D eigenvalue weighted by Gasteiger charge is 2.11. The average Bonchev–Trinajstić information content (AvgIpc) is 2.38. The van der Waals surface area contributed by atoms with Gasteiger partial charge in [0, 0.05) is 6.20 Å². The van der Waals surface area contributed by atoms with Gasteiger partial charge in [-0.25, -0.2) is 0 Å². The molecule has 7 heteroatoms. The number of aromatic hydroxyl groups is 1. The molecule has 5 nitrogen and oxygen atoms in total. The van der Waals surface area contributed by atoms with Crippen molar-refractivity contribution in [2.24, 2.45) is 0 Å². The zero-order valence-electron chi connectivity index (χ0n) is 9.41. The van der Waals surface area contributed by atoms with Crippen LogP contribution in [0.2, 0.25) is 5.02 Å². The van der Waals surface area contributed by atoms with Gasteiger partial charge in [0.05, 0.1) is 20.7 Å². The normalized spacial score (nSPS) is 10.2. The van der Waals surface area contributed by atoms with Crippen LogP contribution in [-0.2, 0) is 0 Å². The van der Waals surface area contributed by atoms with E-state index in [9.17, 15) is 14.7 Å². The second kappa shape index (κ2) is 5.46. The van der Waals surface area contributed by atoms with Crippen LogP contribution in [0.1, 0.15) is 10.4 Å². The molecule has 1 aromatic heterocycles. The van der Waals surface area contributed by atoms with Crippen LogP contribution in [0.3, 0.4) is 0 Å². The molecule has 0 atom stereocenters. The molecule has 2 aromatic rings. The molecule has 1 aromatic carbocycles. The van der Waals surface area contributed by atoms with Gasteiger partial charge in [-0.05, 0) is 34.1 Å². The van der Waals surface area contributed by atoms with E-state index in [2.05, 4.69) is 26.2 Å². The number of rotatable bonds is 2. The molecular weight excluding hydrogens is 335 g/mol. The summed E-state index contributed by atoms with van der Waals surface area (Å²) >= 11 is 8.76. The van der Waals surface area contributed by atoms with Crippen LogP contribution >= 0.6 is 27.5 Å². The Balaban J connectivity index is 2.28. The van der Waals surface area contributed by atoms with E-state index in [1.54, 1.807) is 6.07 Å². The van der Waals surface area contributed by atoms with E-state index in [1.165, 1.54) is 24.4 Å². The van der Waals surface area contributed by atoms with Crippen molar-refractivity contribution in [3.63, 3.8) is 0 Å². The largest absolute Gasteiger partial charge is 0.504 e. The van der Waals surface area contributed by atoms with Gasteiger partial charge in [0.2, 0.25) is 0 Å². The lowest BCUT2D eigenvalue weighted by Gasteiger charge is -2.08. The Hall–Kier alpha value is -1.79. The third kappa shape index (κ3) is 2.97. The lowest BCUT2D eigenvalue weighted by molar-refractivity contribution is 0.102. The van der Waals surface area contributed by atoms with E-state index in [-0.39, 0.29) is 32.1 Å². The van der Waals surface area contributed by atoms with Crippen molar-refractivity contribution >= 4 is 39.1 Å². The number of carbonyl (C=O) groups excluding carboxylic acids is 1. The quantitative estimate of drug-likeness (QED) is 0.733. The third-order valence-corrected chi connectivity index (χ3v) is 3.25. The molecule has 0 saturated carbocycles. The predicted octanol–water partition coefficient (Wildman–Crippen LogP) is 2.75. The van der Waals surface area contributed by atoms with Crippen molar-refractivity contribution in [3.05, 3.63) is 55.9 Å². The number of carbonyl (C=O) groups is 1. The fourth-order valence-corrected chi connectivity index (χ4v) is 1.93. The number of anilines is 1. The number of H-pyrrole nitrogens is 1. The van der Waals surface area contributed by atoms with Crippen LogP contribution in [0, 0.1) is 0 Å². The number of amides is 1. The summed E-state index contributed by atoms with van der Waals surface area (Å²) in [6.45, 7) is 0. The summed E-state index contributed by atoms with van der Waals surface area (Å²) < 4.78 is 0.246. The van der Waals surface area contributed by atoms with Crippen LogP contribution < -0.4 is 10.9 Å². The highest BCUT2D eigenvalue weighted by atomic mass is 79.9. The van der Waals surface area contributed by atoms with Crippen LogP contribution in [0.25, 0.3) is 0 Å². The fraction of sp³-hybridized carbons (Fsp3) is 0. The van der Waals surface area contributed by atoms with Gasteiger partial charge in [0.15, 0.2) is 5.75 Å². The Kier molecular flexibility index (Phi) is 3.92. The standard InChI is InChI=1S/C12H8BrClN2O3/c13-7-4-6(5-15-12(7)19)11(18)16-9-3-1-2-8(14)10(9)17/h1-5,17H,(H,15,19)(H,16,18). The zero-order valence-corrected chi connectivity index (χ0v) is 11.7. The van der Waals surface area contributed by atoms with Gasteiger partial charge in [-0.1, -0.05) is 17.7 Å². The number of phenolic OH excluding ortho intramolecular Hbond substituents is 1. The molecule has 1 heterocycles. The monoisotopic (exact) mass is 342 g/mol. The Morgan fingerprint density at radius 3 is 2.84 bits per heavy atom. The van der Waals surface area contributed by atoms with Crippen molar-refractivity contribution < 1.29 is 9.90 Å². The van der Waals surface area contributed by atoms with E-state index < -0.39 is 5.91 Å². The Bertz CT molecular complexity index is 700. The molecule has 1 amide bonds. The van der Waals surface area contributed by atoms with Crippen molar-refractivity contribution in [1.29, 1.82) is 0 Å². The summed E-state index contributed by atoms with van der Waals surface area (Å²) in [5.74, 6) is -0.685. The highest BCUT2D eigenvalue weighted by molar-refractivity contribution is 9.10. The lowest BCUT2D eigenvalue weighted by Crippen LogP contribution is -2.15. The zero-order chi connectivity index (χ0) is 14.0. The minimum Gasteiger partial charge on any atom is -0.504 e. The molecule has 19 heavy (non-hydrogen) atoms. The first-order chi connectivity index (χ1) is 8.99. The number of phenols is 1. The molecule has 2 rings (SSSR count). The summed E-state index contributed by atoms with van der Waals surface area (Å²) in [5.41, 5.74) is 0.104. The van der Waals surface area contributed by atoms with Crippen LogP contribution in [0.5, 0.6) is 5.75 Å². The smallest absolute Gasteiger partial charge is 0.262 e. The molecule has 0 fully saturated rings. The van der Waals surface area contributed by atoms with Gasteiger partial charge in [0.25, 0.3) is 11.5 Å². The summed E-state index contributed by atoms with van der Waals surface area (Å²) in [4.78, 5) is 25.5. The summed E-state index contributed by atoms with van der Waals surface area (Å²) in [7, 11) is 0. The van der Waals surface area contributed by atoms with Gasteiger partial charge >= 0.3 is 0 Å². The van der Waals surface area contributed by atoms with Crippen molar-refractivity contribution in [2.45, 2.75) is 0 Å². The molecule has 0 aliphatic heterocycles. The summed E-state index contributed by atoms with van der Waals surface area (Å²) in [5, 5.41) is 12.3. The maximum absolute atomic E-state index is 11.9. The van der Waals surface area contributed by atoms with Gasteiger partial charge in [0.1, 0.15) is 0 Å². The van der Waals surface area contributed by atoms with Gasteiger partial charge in [-0.3, -0.25) is 9.59 Å². The van der Waals surface area contributed by atoms with E-state index in [4.69, 9.17) is 11.6 Å². The molecule has 3 N–H and O–H groups in total. The average molecular weight is 344 g/mol. The number of aromatic nitrogens is 1. The predicted molar refractivity (Wildman–Crippen MR) is 75.8 cm³/mol. The number of para-hydroxylation sites is 1. The second-order valence-corrected chi connectivity index (χ2v) is 4.92. The number of aromatic amines is 1. The van der Waals surface area contributed by atoms with E-state index in [0.717, 1.165) is 0 Å². The minimum absolute atomic E-state index is 0.139. The van der Waals surface area contributed by atoms with E-state index in [1.807, 2.05) is 0 Å². The molecule has 0 unspecified atom stereocenters. The van der Waals surface area contributed by atoms with Crippen LogP contribution in [0.15, 0.2) is 39.7 Å². The first kappa shape index (κ1) is 13.6. The van der Waals surface area contributed by atoms with Crippen molar-refractivity contribution in [1.82, 2.24) is 4.98 Å². The second-order valence-electron chi connectivity index (χ2n) is 3.66. The molecule has 0 saturated heterocycles. The Morgan fingerprint density at radius 2 is 2.16 bits per heavy atom. The molecule has 0 bridgehead atoms. The molecule has 98 valence electrons. The van der Waals surface area contributed by atoms with Gasteiger partial charge in [-0.2, -0.15) is 0 Å². The maximum Gasteiger partial charge on any atom is 0.262 e. The van der Waals surface area contributed by atoms with Crippen molar-refractivity contribution in [3.8, 4) is 5.75 Å². The fourth-order valence-electron chi connectivity index (χ4n) is 1.40. The third-order valence-electron chi connectivity index (χ3n) is 2.36. The topological polar surface area (TPSA) is 82.2 Å². The number of nitrogens with one attached hydrogen (secondary N) is 2. The van der Waals surface area contributed by atoms with Crippen molar-refractivity contribution in [2.75, 3.05) is 5.32 Å². The van der Waals surface area contributed by atoms with Crippen LogP contribution in [-0.4, -0.2) is 16.0 Å². The van der Waals surface area contributed by atoms with Crippen LogP contribution in [0.4, 0.5) is 5.69 Å². The highest BCUT2D eigenvalue weighted by Crippen LogP contribution is 2.31. The Labute approximate surface area is 121 Å². The van der Waals surface area contributed by atoms with E-state index >= 15 is 0 Å². The summed E-state index contributed by atoms with van der Waals surface area (Å²) in [6.07, 6.45) is 1.28. The Morgan fingerprint density at radius 1 is 1.42 bits per heavy atom. The first-order valence-corrected chi connectivity index (χ1v) is 6.33. The number of pyridine rings is 1. The molecular formula is C12H8BrClN2O3. The van der Waals surface area contributed by atoms with Gasteiger partial charge < -0.3 is 15.4 Å². The number of hydrogen-bond acceptors (Lipinski definition) is 3. The summed E-state index contributed by atoms with van der Waals surface area (Å²) in [6, 6.07) is 6.00. The first-order valence-electron chi connectivity index (χ1n) is 5.16. The SMILES string of the molecule is O=C(Nc1cccc(Cl)c1O)c1c[nH]c(=O)c(Br)c1. The molecule has 0 aliphatic rings. The molecule has 0 radical (unpaired) electrons. The minimum atomic E-state index is -0.477. The lowest BCUT2D eigenvalue weighted by atomic mass is 10.2. The van der Waals surface area contributed by atoms with E-state index in [0.29, 0.717) is 0 Å². The number of hydrogen-bond donors (Lipinski definition) is 3. The molecule has 0 spiro atoms. The molecule has 0 aliphatic carbocycles. The van der Waals surface area contributed by atoms with Gasteiger partial charge in [-0.15, -0.1) is 0 Å². The number of benzene rings is 1. The maximum atomic E-state index is 11.9.